The number of nitrogens with zero attached hydrogens (tertiary/aromatic N) is 1. The fourth-order valence-corrected chi connectivity index (χ4v) is 1.43. The Labute approximate surface area is 99.2 Å². The van der Waals surface area contributed by atoms with Crippen LogP contribution in [0, 0.1) is 0 Å². The molecule has 0 saturated carbocycles. The van der Waals surface area contributed by atoms with Crippen LogP contribution in [0.5, 0.6) is 5.75 Å². The van der Waals surface area contributed by atoms with Gasteiger partial charge < -0.3 is 9.72 Å². The molecule has 1 aromatic heterocycles. The number of benzene rings is 1. The summed E-state index contributed by atoms with van der Waals surface area (Å²) in [6, 6.07) is 5.39. The summed E-state index contributed by atoms with van der Waals surface area (Å²) in [5, 5.41) is 0.218. The third-order valence-corrected chi connectivity index (χ3v) is 2.14. The van der Waals surface area contributed by atoms with Crippen molar-refractivity contribution in [3.05, 3.63) is 35.7 Å². The number of alkyl halides is 3. The lowest BCUT2D eigenvalue weighted by Gasteiger charge is -2.08. The highest BCUT2D eigenvalue weighted by Crippen LogP contribution is 2.26. The molecule has 0 saturated heterocycles. The Morgan fingerprint density at radius 3 is 2.29 bits per heavy atom. The van der Waals surface area contributed by atoms with Gasteiger partial charge in [0.25, 0.3) is 0 Å². The van der Waals surface area contributed by atoms with Gasteiger partial charge in [-0.1, -0.05) is 0 Å². The monoisotopic (exact) mass is 262 g/mol. The number of hydrogen-bond acceptors (Lipinski definition) is 2. The van der Waals surface area contributed by atoms with Crippen molar-refractivity contribution < 1.29 is 17.9 Å². The first kappa shape index (κ1) is 11.8. The van der Waals surface area contributed by atoms with E-state index in [1.807, 2.05) is 0 Å². The molecule has 3 nitrogen and oxygen atoms in total. The number of ether oxygens (including phenoxy) is 1. The van der Waals surface area contributed by atoms with Crippen LogP contribution in [0.25, 0.3) is 11.3 Å². The fourth-order valence-electron chi connectivity index (χ4n) is 1.28. The lowest BCUT2D eigenvalue weighted by Crippen LogP contribution is -2.16. The second-order valence-electron chi connectivity index (χ2n) is 3.16. The lowest BCUT2D eigenvalue weighted by atomic mass is 10.2. The molecule has 0 aliphatic heterocycles. The van der Waals surface area contributed by atoms with E-state index >= 15 is 0 Å². The van der Waals surface area contributed by atoms with Gasteiger partial charge in [0.2, 0.25) is 0 Å². The van der Waals surface area contributed by atoms with Crippen molar-refractivity contribution in [1.82, 2.24) is 9.97 Å². The van der Waals surface area contributed by atoms with Crippen LogP contribution in [0.3, 0.4) is 0 Å². The number of imidazole rings is 1. The minimum Gasteiger partial charge on any atom is -0.406 e. The third kappa shape index (κ3) is 3.13. The summed E-state index contributed by atoms with van der Waals surface area (Å²) >= 11 is 5.59. The number of hydrogen-bond donors (Lipinski definition) is 1. The molecule has 7 heteroatoms. The number of nitrogens with one attached hydrogen (secondary N) is 1. The van der Waals surface area contributed by atoms with E-state index in [1.54, 1.807) is 0 Å². The highest BCUT2D eigenvalue weighted by Gasteiger charge is 2.30. The zero-order valence-corrected chi connectivity index (χ0v) is 9.01. The van der Waals surface area contributed by atoms with Crippen LogP contribution in [0.1, 0.15) is 0 Å². The van der Waals surface area contributed by atoms with E-state index in [0.717, 1.165) is 0 Å². The number of aromatic nitrogens is 2. The molecule has 0 aliphatic rings. The summed E-state index contributed by atoms with van der Waals surface area (Å²) in [6.45, 7) is 0. The fraction of sp³-hybridized carbons (Fsp3) is 0.100. The zero-order valence-electron chi connectivity index (χ0n) is 8.25. The molecule has 90 valence electrons. The van der Waals surface area contributed by atoms with Crippen molar-refractivity contribution in [1.29, 1.82) is 0 Å². The molecule has 1 heterocycles. The van der Waals surface area contributed by atoms with Crippen LogP contribution in [-0.2, 0) is 0 Å². The summed E-state index contributed by atoms with van der Waals surface area (Å²) in [7, 11) is 0. The largest absolute Gasteiger partial charge is 0.573 e. The Morgan fingerprint density at radius 2 is 1.82 bits per heavy atom. The molecule has 0 bridgehead atoms. The highest BCUT2D eigenvalue weighted by atomic mass is 35.5. The van der Waals surface area contributed by atoms with Gasteiger partial charge in [0.1, 0.15) is 5.75 Å². The first-order valence-electron chi connectivity index (χ1n) is 4.51. The van der Waals surface area contributed by atoms with Crippen LogP contribution in [0.2, 0.25) is 5.28 Å². The molecular weight excluding hydrogens is 257 g/mol. The molecule has 0 radical (unpaired) electrons. The lowest BCUT2D eigenvalue weighted by molar-refractivity contribution is -0.274. The predicted molar refractivity (Wildman–Crippen MR) is 55.7 cm³/mol. The predicted octanol–water partition coefficient (Wildman–Crippen LogP) is 3.63. The highest BCUT2D eigenvalue weighted by molar-refractivity contribution is 6.28. The molecule has 1 N–H and O–H groups in total. The van der Waals surface area contributed by atoms with Crippen molar-refractivity contribution in [3.63, 3.8) is 0 Å². The van der Waals surface area contributed by atoms with Gasteiger partial charge >= 0.3 is 6.36 Å². The second kappa shape index (κ2) is 4.29. The normalized spacial score (nSPS) is 11.5. The third-order valence-electron chi connectivity index (χ3n) is 1.94. The first-order chi connectivity index (χ1) is 7.94. The van der Waals surface area contributed by atoms with Gasteiger partial charge in [-0.2, -0.15) is 0 Å². The topological polar surface area (TPSA) is 37.9 Å². The molecule has 2 aromatic rings. The molecule has 17 heavy (non-hydrogen) atoms. The molecular formula is C10H6ClF3N2O. The Bertz CT molecular complexity index is 507. The average molecular weight is 263 g/mol. The number of H-pyrrole nitrogens is 1. The maximum Gasteiger partial charge on any atom is 0.573 e. The van der Waals surface area contributed by atoms with Crippen molar-refractivity contribution in [2.45, 2.75) is 6.36 Å². The standard InChI is InChI=1S/C10H6ClF3N2O/c11-9-15-5-8(16-9)6-1-3-7(4-2-6)17-10(12,13)14/h1-5H,(H,15,16). The molecule has 0 atom stereocenters. The smallest absolute Gasteiger partial charge is 0.406 e. The summed E-state index contributed by atoms with van der Waals surface area (Å²) < 4.78 is 39.5. The van der Waals surface area contributed by atoms with Crippen molar-refractivity contribution in [3.8, 4) is 17.0 Å². The summed E-state index contributed by atoms with van der Waals surface area (Å²) in [4.78, 5) is 6.52. The summed E-state index contributed by atoms with van der Waals surface area (Å²) in [6.07, 6.45) is -3.19. The van der Waals surface area contributed by atoms with E-state index in [0.29, 0.717) is 11.3 Å². The van der Waals surface area contributed by atoms with Gasteiger partial charge in [0.05, 0.1) is 11.9 Å². The van der Waals surface area contributed by atoms with Crippen molar-refractivity contribution in [2.24, 2.45) is 0 Å². The molecule has 1 aromatic carbocycles. The maximum atomic E-state index is 11.9. The van der Waals surface area contributed by atoms with E-state index in [-0.39, 0.29) is 11.0 Å². The van der Waals surface area contributed by atoms with Gasteiger partial charge in [-0.3, -0.25) is 0 Å². The van der Waals surface area contributed by atoms with Crippen LogP contribution in [0.4, 0.5) is 13.2 Å². The Morgan fingerprint density at radius 1 is 1.18 bits per heavy atom. The van der Waals surface area contributed by atoms with E-state index in [4.69, 9.17) is 11.6 Å². The molecule has 0 amide bonds. The van der Waals surface area contributed by atoms with Crippen LogP contribution >= 0.6 is 11.6 Å². The van der Waals surface area contributed by atoms with Gasteiger partial charge in [-0.15, -0.1) is 13.2 Å². The number of rotatable bonds is 2. The summed E-state index contributed by atoms with van der Waals surface area (Å²) in [5.41, 5.74) is 1.28. The SMILES string of the molecule is FC(F)(F)Oc1ccc(-c2cnc(Cl)[nH]2)cc1. The number of aromatic amines is 1. The van der Waals surface area contributed by atoms with Crippen LogP contribution in [-0.4, -0.2) is 16.3 Å². The molecule has 0 spiro atoms. The average Bonchev–Trinajstić information content (AvgIpc) is 2.63. The Hall–Kier alpha value is -1.69. The van der Waals surface area contributed by atoms with Crippen LogP contribution in [0.15, 0.2) is 30.5 Å². The zero-order chi connectivity index (χ0) is 12.5. The quantitative estimate of drug-likeness (QED) is 0.897. The Balaban J connectivity index is 2.19. The van der Waals surface area contributed by atoms with Gasteiger partial charge in [-0.05, 0) is 41.4 Å². The van der Waals surface area contributed by atoms with Crippen molar-refractivity contribution >= 4 is 11.6 Å². The molecule has 0 aliphatic carbocycles. The van der Waals surface area contributed by atoms with E-state index in [9.17, 15) is 13.2 Å². The first-order valence-corrected chi connectivity index (χ1v) is 4.88. The van der Waals surface area contributed by atoms with Gasteiger partial charge in [0, 0.05) is 0 Å². The van der Waals surface area contributed by atoms with E-state index < -0.39 is 6.36 Å². The molecule has 0 unspecified atom stereocenters. The van der Waals surface area contributed by atoms with Crippen molar-refractivity contribution in [2.75, 3.05) is 0 Å². The molecule has 0 fully saturated rings. The number of halogens is 4. The van der Waals surface area contributed by atoms with E-state index in [2.05, 4.69) is 14.7 Å². The van der Waals surface area contributed by atoms with Crippen LogP contribution < -0.4 is 4.74 Å². The minimum atomic E-state index is -4.68. The second-order valence-corrected chi connectivity index (χ2v) is 3.52. The van der Waals surface area contributed by atoms with E-state index in [1.165, 1.54) is 30.5 Å². The summed E-state index contributed by atoms with van der Waals surface area (Å²) in [5.74, 6) is -0.271. The van der Waals surface area contributed by atoms with Gasteiger partial charge in [-0.25, -0.2) is 4.98 Å². The molecule has 2 rings (SSSR count). The Kier molecular flexibility index (Phi) is 2.97. The minimum absolute atomic E-state index is 0.218. The van der Waals surface area contributed by atoms with Gasteiger partial charge in [0.15, 0.2) is 5.28 Å². The maximum absolute atomic E-state index is 11.9.